The summed E-state index contributed by atoms with van der Waals surface area (Å²) in [4.78, 5) is 22.2. The molecule has 0 bridgehead atoms. The maximum atomic E-state index is 11.6. The third kappa shape index (κ3) is 6.02. The number of halogens is 2. The first kappa shape index (κ1) is 19.8. The Kier molecular flexibility index (Phi) is 6.48. The van der Waals surface area contributed by atoms with Crippen molar-refractivity contribution in [2.45, 2.75) is 26.4 Å². The molecule has 0 atom stereocenters. The molecule has 6 nitrogen and oxygen atoms in total. The summed E-state index contributed by atoms with van der Waals surface area (Å²) >= 11 is 13.5. The molecule has 0 spiro atoms. The van der Waals surface area contributed by atoms with Gasteiger partial charge in [-0.05, 0) is 32.9 Å². The van der Waals surface area contributed by atoms with Gasteiger partial charge >= 0.3 is 6.09 Å². The largest absolute Gasteiger partial charge is 0.444 e. The number of ether oxygens (including phenoxy) is 1. The van der Waals surface area contributed by atoms with Crippen LogP contribution in [0.4, 0.5) is 10.7 Å². The van der Waals surface area contributed by atoms with Crippen LogP contribution in [0.2, 0.25) is 8.67 Å². The second-order valence-electron chi connectivity index (χ2n) is 6.33. The van der Waals surface area contributed by atoms with E-state index in [4.69, 9.17) is 27.9 Å². The standard InChI is InChI=1S/C16H20Cl2N4O2S/c1-16(2,3)24-15(23)20-7-8-22(4)14-19-6-5-11(21-14)10-9-12(17)25-13(10)18/h5-6,9H,7-8H2,1-4H3,(H,20,23). The lowest BCUT2D eigenvalue weighted by Gasteiger charge is -2.21. The number of rotatable bonds is 5. The summed E-state index contributed by atoms with van der Waals surface area (Å²) in [5, 5.41) is 2.70. The van der Waals surface area contributed by atoms with Crippen LogP contribution >= 0.6 is 34.5 Å². The minimum absolute atomic E-state index is 0.407. The second-order valence-corrected chi connectivity index (χ2v) is 8.62. The highest BCUT2D eigenvalue weighted by atomic mass is 35.5. The van der Waals surface area contributed by atoms with Gasteiger partial charge in [0.15, 0.2) is 0 Å². The lowest BCUT2D eigenvalue weighted by atomic mass is 10.2. The van der Waals surface area contributed by atoms with Crippen molar-refractivity contribution in [2.24, 2.45) is 0 Å². The predicted octanol–water partition coefficient (Wildman–Crippen LogP) is 4.47. The van der Waals surface area contributed by atoms with Gasteiger partial charge in [-0.3, -0.25) is 0 Å². The summed E-state index contributed by atoms with van der Waals surface area (Å²) in [6.45, 7) is 6.39. The van der Waals surface area contributed by atoms with Crippen LogP contribution in [0.1, 0.15) is 20.8 Å². The number of thiophene rings is 1. The molecule has 0 aliphatic rings. The molecule has 2 aromatic rings. The van der Waals surface area contributed by atoms with Crippen LogP contribution in [0.5, 0.6) is 0 Å². The number of carbonyl (C=O) groups excluding carboxylic acids is 1. The maximum Gasteiger partial charge on any atom is 0.407 e. The van der Waals surface area contributed by atoms with Crippen LogP contribution < -0.4 is 10.2 Å². The number of carbonyl (C=O) groups is 1. The molecule has 0 aliphatic heterocycles. The van der Waals surface area contributed by atoms with Crippen molar-refractivity contribution in [1.29, 1.82) is 0 Å². The van der Waals surface area contributed by atoms with Crippen molar-refractivity contribution in [3.8, 4) is 11.3 Å². The Balaban J connectivity index is 1.96. The van der Waals surface area contributed by atoms with Crippen LogP contribution in [0, 0.1) is 0 Å². The minimum Gasteiger partial charge on any atom is -0.444 e. The fourth-order valence-corrected chi connectivity index (χ4v) is 3.42. The van der Waals surface area contributed by atoms with E-state index in [9.17, 15) is 4.79 Å². The highest BCUT2D eigenvalue weighted by molar-refractivity contribution is 7.20. The molecule has 2 aromatic heterocycles. The van der Waals surface area contributed by atoms with Crippen LogP contribution in [0.15, 0.2) is 18.3 Å². The zero-order valence-electron chi connectivity index (χ0n) is 14.5. The first-order chi connectivity index (χ1) is 11.7. The number of hydrogen-bond acceptors (Lipinski definition) is 6. The highest BCUT2D eigenvalue weighted by Crippen LogP contribution is 2.37. The molecule has 0 aliphatic carbocycles. The predicted molar refractivity (Wildman–Crippen MR) is 103 cm³/mol. The Hall–Kier alpha value is -1.57. The van der Waals surface area contributed by atoms with Crippen LogP contribution in [0.25, 0.3) is 11.3 Å². The third-order valence-electron chi connectivity index (χ3n) is 3.03. The van der Waals surface area contributed by atoms with Gasteiger partial charge in [-0.15, -0.1) is 11.3 Å². The summed E-state index contributed by atoms with van der Waals surface area (Å²) in [6.07, 6.45) is 1.22. The normalized spacial score (nSPS) is 11.3. The van der Waals surface area contributed by atoms with E-state index in [-0.39, 0.29) is 0 Å². The van der Waals surface area contributed by atoms with E-state index in [1.807, 2.05) is 32.7 Å². The number of anilines is 1. The average molecular weight is 403 g/mol. The van der Waals surface area contributed by atoms with Crippen LogP contribution in [-0.2, 0) is 4.74 Å². The number of likely N-dealkylation sites (N-methyl/N-ethyl adjacent to an activating group) is 1. The lowest BCUT2D eigenvalue weighted by Crippen LogP contribution is -2.37. The summed E-state index contributed by atoms with van der Waals surface area (Å²) in [6, 6.07) is 3.56. The number of aromatic nitrogens is 2. The van der Waals surface area contributed by atoms with Crippen molar-refractivity contribution >= 4 is 46.6 Å². The molecule has 136 valence electrons. The summed E-state index contributed by atoms with van der Waals surface area (Å²) < 4.78 is 6.39. The third-order valence-corrected chi connectivity index (χ3v) is 4.52. The van der Waals surface area contributed by atoms with Gasteiger partial charge in [-0.1, -0.05) is 23.2 Å². The molecule has 1 amide bonds. The SMILES string of the molecule is CN(CCNC(=O)OC(C)(C)C)c1nccc(-c2cc(Cl)sc2Cl)n1. The zero-order chi connectivity index (χ0) is 18.6. The van der Waals surface area contributed by atoms with Gasteiger partial charge in [0.2, 0.25) is 5.95 Å². The molecular weight excluding hydrogens is 383 g/mol. The molecule has 25 heavy (non-hydrogen) atoms. The molecule has 2 rings (SSSR count). The molecule has 0 saturated heterocycles. The van der Waals surface area contributed by atoms with Gasteiger partial charge in [-0.25, -0.2) is 14.8 Å². The van der Waals surface area contributed by atoms with E-state index in [0.29, 0.717) is 33.4 Å². The van der Waals surface area contributed by atoms with E-state index in [1.54, 1.807) is 18.3 Å². The Labute approximate surface area is 161 Å². The highest BCUT2D eigenvalue weighted by Gasteiger charge is 2.16. The molecule has 0 fully saturated rings. The monoisotopic (exact) mass is 402 g/mol. The molecule has 0 saturated carbocycles. The maximum absolute atomic E-state index is 11.6. The van der Waals surface area contributed by atoms with Crippen LogP contribution in [0.3, 0.4) is 0 Å². The van der Waals surface area contributed by atoms with Gasteiger partial charge in [-0.2, -0.15) is 0 Å². The van der Waals surface area contributed by atoms with Gasteiger partial charge in [0.05, 0.1) is 10.0 Å². The smallest absolute Gasteiger partial charge is 0.407 e. The zero-order valence-corrected chi connectivity index (χ0v) is 16.8. The van der Waals surface area contributed by atoms with E-state index < -0.39 is 11.7 Å². The van der Waals surface area contributed by atoms with Gasteiger partial charge in [0, 0.05) is 31.9 Å². The van der Waals surface area contributed by atoms with E-state index in [0.717, 1.165) is 5.56 Å². The van der Waals surface area contributed by atoms with Crippen molar-refractivity contribution in [2.75, 3.05) is 25.0 Å². The number of alkyl carbamates (subject to hydrolysis) is 1. The Morgan fingerprint density at radius 2 is 2.12 bits per heavy atom. The Morgan fingerprint density at radius 1 is 1.40 bits per heavy atom. The molecule has 0 radical (unpaired) electrons. The fraction of sp³-hybridized carbons (Fsp3) is 0.438. The molecule has 0 unspecified atom stereocenters. The average Bonchev–Trinajstić information content (AvgIpc) is 2.84. The van der Waals surface area contributed by atoms with E-state index in [2.05, 4.69) is 15.3 Å². The van der Waals surface area contributed by atoms with Crippen molar-refractivity contribution in [1.82, 2.24) is 15.3 Å². The molecule has 2 heterocycles. The summed E-state index contributed by atoms with van der Waals surface area (Å²) in [5.41, 5.74) is 0.958. The number of amides is 1. The lowest BCUT2D eigenvalue weighted by molar-refractivity contribution is 0.0529. The first-order valence-electron chi connectivity index (χ1n) is 7.62. The summed E-state index contributed by atoms with van der Waals surface area (Å²) in [7, 11) is 1.85. The molecule has 1 N–H and O–H groups in total. The minimum atomic E-state index is -0.519. The van der Waals surface area contributed by atoms with E-state index >= 15 is 0 Å². The molecule has 9 heteroatoms. The fourth-order valence-electron chi connectivity index (χ4n) is 1.94. The van der Waals surface area contributed by atoms with Gasteiger partial charge in [0.25, 0.3) is 0 Å². The topological polar surface area (TPSA) is 67.4 Å². The van der Waals surface area contributed by atoms with E-state index in [1.165, 1.54) is 11.3 Å². The van der Waals surface area contributed by atoms with Crippen molar-refractivity contribution in [3.05, 3.63) is 27.0 Å². The molecular formula is C16H20Cl2N4O2S. The number of hydrogen-bond donors (Lipinski definition) is 1. The summed E-state index contributed by atoms with van der Waals surface area (Å²) in [5.74, 6) is 0.530. The number of nitrogens with one attached hydrogen (secondary N) is 1. The van der Waals surface area contributed by atoms with Gasteiger partial charge < -0.3 is 15.0 Å². The quantitative estimate of drug-likeness (QED) is 0.798. The van der Waals surface area contributed by atoms with Crippen LogP contribution in [-0.4, -0.2) is 41.8 Å². The number of nitrogens with zero attached hydrogens (tertiary/aromatic N) is 3. The first-order valence-corrected chi connectivity index (χ1v) is 9.19. The Morgan fingerprint density at radius 3 is 2.72 bits per heavy atom. The molecule has 0 aromatic carbocycles. The van der Waals surface area contributed by atoms with Crippen molar-refractivity contribution < 1.29 is 9.53 Å². The second kappa shape index (κ2) is 8.21. The van der Waals surface area contributed by atoms with Gasteiger partial charge in [0.1, 0.15) is 9.94 Å². The van der Waals surface area contributed by atoms with Crippen molar-refractivity contribution in [3.63, 3.8) is 0 Å². The Bertz CT molecular complexity index is 746.